The number of aliphatic hydroxyl groups is 1. The molecule has 0 saturated carbocycles. The number of carbonyl (C=O) groups is 1. The fourth-order valence-corrected chi connectivity index (χ4v) is 3.05. The van der Waals surface area contributed by atoms with E-state index in [9.17, 15) is 9.90 Å². The minimum Gasteiger partial charge on any atom is -0.469 e. The fourth-order valence-electron chi connectivity index (χ4n) is 3.05. The molecule has 1 heterocycles. The standard InChI is InChI=1S/C22H24N2O4/c1-24(14-13-20(25)27-2)16-19-15-23-21(28-19)22(26,17-9-5-3-6-10-17)18-11-7-4-8-12-18/h3-12,15,26H,13-14,16H2,1-2H3. The van der Waals surface area contributed by atoms with Crippen molar-refractivity contribution in [1.82, 2.24) is 9.88 Å². The van der Waals surface area contributed by atoms with Crippen molar-refractivity contribution < 1.29 is 19.1 Å². The summed E-state index contributed by atoms with van der Waals surface area (Å²) in [4.78, 5) is 17.6. The van der Waals surface area contributed by atoms with Crippen LogP contribution in [0.15, 0.2) is 71.3 Å². The first-order valence-electron chi connectivity index (χ1n) is 9.08. The highest BCUT2D eigenvalue weighted by Gasteiger charge is 2.38. The normalized spacial score (nSPS) is 11.6. The largest absolute Gasteiger partial charge is 0.469 e. The molecule has 0 radical (unpaired) electrons. The van der Waals surface area contributed by atoms with Crippen LogP contribution in [0.25, 0.3) is 0 Å². The van der Waals surface area contributed by atoms with Crippen LogP contribution in [0.4, 0.5) is 0 Å². The molecule has 0 spiro atoms. The lowest BCUT2D eigenvalue weighted by atomic mass is 9.86. The summed E-state index contributed by atoms with van der Waals surface area (Å²) in [6, 6.07) is 18.7. The quantitative estimate of drug-likeness (QED) is 0.606. The summed E-state index contributed by atoms with van der Waals surface area (Å²) in [6.45, 7) is 0.994. The third-order valence-electron chi connectivity index (χ3n) is 4.60. The molecule has 6 nitrogen and oxygen atoms in total. The smallest absolute Gasteiger partial charge is 0.306 e. The second-order valence-corrected chi connectivity index (χ2v) is 6.64. The first-order valence-corrected chi connectivity index (χ1v) is 9.08. The van der Waals surface area contributed by atoms with Gasteiger partial charge in [0.15, 0.2) is 5.60 Å². The average molecular weight is 380 g/mol. The maximum absolute atomic E-state index is 11.6. The molecular formula is C22H24N2O4. The molecule has 0 amide bonds. The van der Waals surface area contributed by atoms with Crippen molar-refractivity contribution in [3.8, 4) is 0 Å². The van der Waals surface area contributed by atoms with Crippen molar-refractivity contribution in [2.24, 2.45) is 0 Å². The molecule has 3 rings (SSSR count). The predicted molar refractivity (Wildman–Crippen MR) is 104 cm³/mol. The molecule has 28 heavy (non-hydrogen) atoms. The molecule has 0 atom stereocenters. The van der Waals surface area contributed by atoms with E-state index < -0.39 is 5.60 Å². The van der Waals surface area contributed by atoms with Crippen LogP contribution in [-0.4, -0.2) is 41.7 Å². The van der Waals surface area contributed by atoms with E-state index in [-0.39, 0.29) is 11.9 Å². The Labute approximate surface area is 164 Å². The van der Waals surface area contributed by atoms with E-state index in [4.69, 9.17) is 4.42 Å². The van der Waals surface area contributed by atoms with E-state index >= 15 is 0 Å². The Kier molecular flexibility index (Phi) is 6.23. The average Bonchev–Trinajstić information content (AvgIpc) is 3.21. The van der Waals surface area contributed by atoms with Crippen molar-refractivity contribution in [1.29, 1.82) is 0 Å². The number of aromatic nitrogens is 1. The Hall–Kier alpha value is -2.96. The Morgan fingerprint density at radius 2 is 1.68 bits per heavy atom. The van der Waals surface area contributed by atoms with E-state index in [0.717, 1.165) is 0 Å². The maximum Gasteiger partial charge on any atom is 0.306 e. The van der Waals surface area contributed by atoms with E-state index in [1.165, 1.54) is 7.11 Å². The Morgan fingerprint density at radius 1 is 1.11 bits per heavy atom. The Bertz CT molecular complexity index is 854. The molecule has 1 N–H and O–H groups in total. The van der Waals surface area contributed by atoms with Gasteiger partial charge in [0, 0.05) is 6.54 Å². The van der Waals surface area contributed by atoms with E-state index in [2.05, 4.69) is 9.72 Å². The van der Waals surface area contributed by atoms with Crippen LogP contribution in [0.5, 0.6) is 0 Å². The summed E-state index contributed by atoms with van der Waals surface area (Å²) in [5.74, 6) is 0.557. The summed E-state index contributed by atoms with van der Waals surface area (Å²) in [7, 11) is 3.25. The lowest BCUT2D eigenvalue weighted by Crippen LogP contribution is -2.29. The zero-order chi connectivity index (χ0) is 20.0. The van der Waals surface area contributed by atoms with Crippen molar-refractivity contribution >= 4 is 5.97 Å². The highest BCUT2D eigenvalue weighted by Crippen LogP contribution is 2.36. The molecule has 0 bridgehead atoms. The van der Waals surface area contributed by atoms with Crippen LogP contribution in [0.2, 0.25) is 0 Å². The molecule has 1 aromatic heterocycles. The molecule has 0 fully saturated rings. The minimum atomic E-state index is -1.49. The lowest BCUT2D eigenvalue weighted by molar-refractivity contribution is -0.140. The number of hydrogen-bond acceptors (Lipinski definition) is 6. The predicted octanol–water partition coefficient (Wildman–Crippen LogP) is 2.95. The van der Waals surface area contributed by atoms with Gasteiger partial charge in [-0.3, -0.25) is 9.69 Å². The number of benzene rings is 2. The molecule has 0 saturated heterocycles. The van der Waals surface area contributed by atoms with Crippen molar-refractivity contribution in [2.45, 2.75) is 18.6 Å². The number of ether oxygens (including phenoxy) is 1. The molecule has 146 valence electrons. The molecule has 6 heteroatoms. The summed E-state index contributed by atoms with van der Waals surface area (Å²) < 4.78 is 10.6. The Balaban J connectivity index is 1.86. The molecule has 2 aromatic carbocycles. The highest BCUT2D eigenvalue weighted by atomic mass is 16.5. The number of esters is 1. The number of carbonyl (C=O) groups excluding carboxylic acids is 1. The van der Waals surface area contributed by atoms with Gasteiger partial charge in [-0.05, 0) is 18.2 Å². The van der Waals surface area contributed by atoms with Gasteiger partial charge in [0.1, 0.15) is 5.76 Å². The van der Waals surface area contributed by atoms with E-state index in [1.807, 2.05) is 72.6 Å². The third kappa shape index (κ3) is 4.30. The SMILES string of the molecule is COC(=O)CCN(C)Cc1cnc(C(O)(c2ccccc2)c2ccccc2)o1. The summed E-state index contributed by atoms with van der Waals surface area (Å²) in [5.41, 5.74) is -0.145. The third-order valence-corrected chi connectivity index (χ3v) is 4.60. The van der Waals surface area contributed by atoms with Crippen LogP contribution < -0.4 is 0 Å². The molecule has 0 unspecified atom stereocenters. The zero-order valence-electron chi connectivity index (χ0n) is 16.0. The lowest BCUT2D eigenvalue weighted by Gasteiger charge is -2.26. The number of rotatable bonds is 8. The summed E-state index contributed by atoms with van der Waals surface area (Å²) >= 11 is 0. The van der Waals surface area contributed by atoms with Crippen molar-refractivity contribution in [2.75, 3.05) is 20.7 Å². The summed E-state index contributed by atoms with van der Waals surface area (Å²) in [5, 5.41) is 11.6. The van der Waals surface area contributed by atoms with Gasteiger partial charge < -0.3 is 14.3 Å². The van der Waals surface area contributed by atoms with Crippen LogP contribution >= 0.6 is 0 Å². The summed E-state index contributed by atoms with van der Waals surface area (Å²) in [6.07, 6.45) is 1.91. The number of oxazole rings is 1. The van der Waals surface area contributed by atoms with Crippen molar-refractivity contribution in [3.63, 3.8) is 0 Å². The van der Waals surface area contributed by atoms with Crippen LogP contribution in [-0.2, 0) is 21.7 Å². The minimum absolute atomic E-state index is 0.210. The van der Waals surface area contributed by atoms with E-state index in [0.29, 0.717) is 36.4 Å². The molecule has 3 aromatic rings. The fraction of sp³-hybridized carbons (Fsp3) is 0.273. The van der Waals surface area contributed by atoms with Crippen molar-refractivity contribution in [3.05, 3.63) is 89.6 Å². The van der Waals surface area contributed by atoms with Gasteiger partial charge in [-0.1, -0.05) is 60.7 Å². The van der Waals surface area contributed by atoms with Gasteiger partial charge >= 0.3 is 5.97 Å². The van der Waals surface area contributed by atoms with Gasteiger partial charge in [-0.15, -0.1) is 0 Å². The molecule has 0 aliphatic carbocycles. The van der Waals surface area contributed by atoms with Crippen LogP contribution in [0, 0.1) is 0 Å². The molecule has 0 aliphatic heterocycles. The molecular weight excluding hydrogens is 356 g/mol. The number of hydrogen-bond donors (Lipinski definition) is 1. The number of nitrogens with zero attached hydrogens (tertiary/aromatic N) is 2. The number of methoxy groups -OCH3 is 1. The van der Waals surface area contributed by atoms with Gasteiger partial charge in [-0.25, -0.2) is 4.98 Å². The highest BCUT2D eigenvalue weighted by molar-refractivity contribution is 5.69. The van der Waals surface area contributed by atoms with Gasteiger partial charge in [0.25, 0.3) is 0 Å². The van der Waals surface area contributed by atoms with Gasteiger partial charge in [0.05, 0.1) is 26.3 Å². The van der Waals surface area contributed by atoms with Crippen LogP contribution in [0.3, 0.4) is 0 Å². The monoisotopic (exact) mass is 380 g/mol. The second kappa shape index (κ2) is 8.82. The zero-order valence-corrected chi connectivity index (χ0v) is 16.0. The Morgan fingerprint density at radius 3 is 2.21 bits per heavy atom. The van der Waals surface area contributed by atoms with E-state index in [1.54, 1.807) is 6.20 Å². The van der Waals surface area contributed by atoms with Gasteiger partial charge in [0.2, 0.25) is 5.89 Å². The first kappa shape index (κ1) is 19.8. The topological polar surface area (TPSA) is 75.8 Å². The van der Waals surface area contributed by atoms with Gasteiger partial charge in [-0.2, -0.15) is 0 Å². The van der Waals surface area contributed by atoms with Crippen LogP contribution in [0.1, 0.15) is 29.2 Å². The molecule has 0 aliphatic rings. The maximum atomic E-state index is 11.6. The first-order chi connectivity index (χ1) is 13.5. The second-order valence-electron chi connectivity index (χ2n) is 6.64.